The molecule has 3 rings (SSSR count). The zero-order valence-corrected chi connectivity index (χ0v) is 17.1. The second-order valence-electron chi connectivity index (χ2n) is 7.95. The smallest absolute Gasteiger partial charge is 0.488 e. The molecule has 2 aromatic rings. The van der Waals surface area contributed by atoms with Crippen LogP contribution >= 0.6 is 11.6 Å². The Labute approximate surface area is 161 Å². The van der Waals surface area contributed by atoms with E-state index in [4.69, 9.17) is 25.6 Å². The standard InChI is InChI=1S/C21H26BClO3/c1-14-11-17(22-25-20(3,4)21(5,6)26-22)12-15(2)19(14)24-13-16-9-7-8-10-18(16)23/h7-12H,13H2,1-6H3. The molecule has 0 N–H and O–H groups in total. The van der Waals surface area contributed by atoms with Crippen LogP contribution in [0.2, 0.25) is 5.02 Å². The van der Waals surface area contributed by atoms with Crippen molar-refractivity contribution in [2.75, 3.05) is 0 Å². The van der Waals surface area contributed by atoms with Crippen molar-refractivity contribution in [3.63, 3.8) is 0 Å². The van der Waals surface area contributed by atoms with Crippen LogP contribution in [0.15, 0.2) is 36.4 Å². The minimum Gasteiger partial charge on any atom is -0.488 e. The maximum atomic E-state index is 6.22. The van der Waals surface area contributed by atoms with Crippen molar-refractivity contribution in [1.82, 2.24) is 0 Å². The average molecular weight is 373 g/mol. The lowest BCUT2D eigenvalue weighted by Crippen LogP contribution is -2.41. The van der Waals surface area contributed by atoms with Gasteiger partial charge < -0.3 is 14.0 Å². The molecule has 1 aliphatic rings. The van der Waals surface area contributed by atoms with E-state index < -0.39 is 0 Å². The van der Waals surface area contributed by atoms with Gasteiger partial charge in [0.15, 0.2) is 0 Å². The summed E-state index contributed by atoms with van der Waals surface area (Å²) >= 11 is 6.22. The summed E-state index contributed by atoms with van der Waals surface area (Å²) in [6.45, 7) is 12.8. The van der Waals surface area contributed by atoms with Gasteiger partial charge in [0.05, 0.1) is 11.2 Å². The average Bonchev–Trinajstić information content (AvgIpc) is 2.76. The number of hydrogen-bond acceptors (Lipinski definition) is 3. The molecule has 1 fully saturated rings. The highest BCUT2D eigenvalue weighted by Crippen LogP contribution is 2.37. The normalized spacial score (nSPS) is 18.2. The summed E-state index contributed by atoms with van der Waals surface area (Å²) in [6.07, 6.45) is 0. The van der Waals surface area contributed by atoms with Gasteiger partial charge in [-0.15, -0.1) is 0 Å². The summed E-state index contributed by atoms with van der Waals surface area (Å²) < 4.78 is 18.4. The third-order valence-electron chi connectivity index (χ3n) is 5.34. The third-order valence-corrected chi connectivity index (χ3v) is 5.71. The van der Waals surface area contributed by atoms with E-state index in [1.54, 1.807) is 0 Å². The van der Waals surface area contributed by atoms with E-state index in [-0.39, 0.29) is 18.3 Å². The van der Waals surface area contributed by atoms with E-state index in [2.05, 4.69) is 39.8 Å². The van der Waals surface area contributed by atoms with Crippen molar-refractivity contribution in [2.45, 2.75) is 59.4 Å². The van der Waals surface area contributed by atoms with Crippen molar-refractivity contribution < 1.29 is 14.0 Å². The highest BCUT2D eigenvalue weighted by atomic mass is 35.5. The van der Waals surface area contributed by atoms with Gasteiger partial charge in [-0.3, -0.25) is 0 Å². The number of hydrogen-bond donors (Lipinski definition) is 0. The largest absolute Gasteiger partial charge is 0.494 e. The minimum atomic E-state index is -0.366. The molecule has 0 spiro atoms. The molecule has 0 bridgehead atoms. The van der Waals surface area contributed by atoms with Crippen LogP contribution in [-0.4, -0.2) is 18.3 Å². The van der Waals surface area contributed by atoms with Crippen molar-refractivity contribution in [1.29, 1.82) is 0 Å². The molecule has 0 saturated carbocycles. The van der Waals surface area contributed by atoms with Crippen LogP contribution in [0.3, 0.4) is 0 Å². The first kappa shape index (κ1) is 19.3. The molecule has 0 radical (unpaired) electrons. The molecule has 0 aliphatic carbocycles. The van der Waals surface area contributed by atoms with Crippen LogP contribution in [0.25, 0.3) is 0 Å². The van der Waals surface area contributed by atoms with Gasteiger partial charge >= 0.3 is 7.12 Å². The number of aryl methyl sites for hydroxylation is 2. The van der Waals surface area contributed by atoms with Crippen LogP contribution in [0, 0.1) is 13.8 Å². The van der Waals surface area contributed by atoms with Gasteiger partial charge in [0, 0.05) is 10.6 Å². The van der Waals surface area contributed by atoms with Gasteiger partial charge in [-0.2, -0.15) is 0 Å². The van der Waals surface area contributed by atoms with Crippen molar-refractivity contribution in [3.05, 3.63) is 58.1 Å². The summed E-state index contributed by atoms with van der Waals surface area (Å²) in [6, 6.07) is 11.9. The lowest BCUT2D eigenvalue weighted by Gasteiger charge is -2.32. The molecular formula is C21H26BClO3. The van der Waals surface area contributed by atoms with E-state index >= 15 is 0 Å². The maximum Gasteiger partial charge on any atom is 0.494 e. The summed E-state index contributed by atoms with van der Waals surface area (Å²) in [7, 11) is -0.366. The fourth-order valence-corrected chi connectivity index (χ4v) is 3.28. The summed E-state index contributed by atoms with van der Waals surface area (Å²) in [5.41, 5.74) is 3.41. The molecule has 5 heteroatoms. The maximum absolute atomic E-state index is 6.22. The molecule has 1 saturated heterocycles. The van der Waals surface area contributed by atoms with E-state index in [0.29, 0.717) is 6.61 Å². The van der Waals surface area contributed by atoms with Crippen LogP contribution in [0.4, 0.5) is 0 Å². The van der Waals surface area contributed by atoms with Crippen molar-refractivity contribution in [3.8, 4) is 5.75 Å². The second-order valence-corrected chi connectivity index (χ2v) is 8.36. The molecule has 138 valence electrons. The molecule has 26 heavy (non-hydrogen) atoms. The summed E-state index contributed by atoms with van der Waals surface area (Å²) in [4.78, 5) is 0. The van der Waals surface area contributed by atoms with Crippen LogP contribution in [0.5, 0.6) is 5.75 Å². The minimum absolute atomic E-state index is 0.349. The number of ether oxygens (including phenoxy) is 1. The predicted octanol–water partition coefficient (Wildman–Crippen LogP) is 4.84. The fourth-order valence-electron chi connectivity index (χ4n) is 3.09. The molecule has 0 amide bonds. The van der Waals surface area contributed by atoms with Gasteiger partial charge in [-0.25, -0.2) is 0 Å². The topological polar surface area (TPSA) is 27.7 Å². The molecule has 1 heterocycles. The highest BCUT2D eigenvalue weighted by molar-refractivity contribution is 6.62. The first-order valence-corrected chi connectivity index (χ1v) is 9.31. The van der Waals surface area contributed by atoms with E-state index in [1.165, 1.54) is 0 Å². The van der Waals surface area contributed by atoms with E-state index in [0.717, 1.165) is 32.9 Å². The van der Waals surface area contributed by atoms with Crippen molar-refractivity contribution in [2.24, 2.45) is 0 Å². The molecule has 2 aromatic carbocycles. The first-order chi connectivity index (χ1) is 12.1. The number of rotatable bonds is 4. The molecule has 1 aliphatic heterocycles. The molecule has 0 atom stereocenters. The lowest BCUT2D eigenvalue weighted by molar-refractivity contribution is 0.00578. The monoisotopic (exact) mass is 372 g/mol. The highest BCUT2D eigenvalue weighted by Gasteiger charge is 2.51. The van der Waals surface area contributed by atoms with Crippen LogP contribution in [-0.2, 0) is 15.9 Å². The number of halogens is 1. The van der Waals surface area contributed by atoms with Gasteiger partial charge in [0.2, 0.25) is 0 Å². The Morgan fingerprint density at radius 1 is 0.962 bits per heavy atom. The molecule has 3 nitrogen and oxygen atoms in total. The van der Waals surface area contributed by atoms with Gasteiger partial charge in [0.1, 0.15) is 12.4 Å². The summed E-state index contributed by atoms with van der Waals surface area (Å²) in [5.74, 6) is 0.880. The van der Waals surface area contributed by atoms with Crippen LogP contribution < -0.4 is 10.2 Å². The zero-order valence-electron chi connectivity index (χ0n) is 16.4. The second kappa shape index (κ2) is 6.92. The molecule has 0 aromatic heterocycles. The Morgan fingerprint density at radius 3 is 2.04 bits per heavy atom. The Kier molecular flexibility index (Phi) is 5.13. The quantitative estimate of drug-likeness (QED) is 0.719. The predicted molar refractivity (Wildman–Crippen MR) is 107 cm³/mol. The van der Waals surface area contributed by atoms with Crippen LogP contribution in [0.1, 0.15) is 44.4 Å². The lowest BCUT2D eigenvalue weighted by atomic mass is 9.77. The van der Waals surface area contributed by atoms with Gasteiger partial charge in [0.25, 0.3) is 0 Å². The Balaban J connectivity index is 1.80. The van der Waals surface area contributed by atoms with Crippen molar-refractivity contribution >= 4 is 24.2 Å². The third kappa shape index (κ3) is 3.64. The zero-order chi connectivity index (χ0) is 19.1. The fraction of sp³-hybridized carbons (Fsp3) is 0.429. The van der Waals surface area contributed by atoms with Gasteiger partial charge in [-0.1, -0.05) is 41.9 Å². The Hall–Kier alpha value is -1.49. The molecule has 0 unspecified atom stereocenters. The Bertz CT molecular complexity index is 778. The van der Waals surface area contributed by atoms with E-state index in [1.807, 2.05) is 38.1 Å². The molecular weight excluding hydrogens is 346 g/mol. The Morgan fingerprint density at radius 2 is 1.50 bits per heavy atom. The first-order valence-electron chi connectivity index (χ1n) is 8.94. The number of benzene rings is 2. The summed E-state index contributed by atoms with van der Waals surface area (Å²) in [5, 5.41) is 0.719. The van der Waals surface area contributed by atoms with Gasteiger partial charge in [-0.05, 0) is 64.2 Å². The van der Waals surface area contributed by atoms with E-state index in [9.17, 15) is 0 Å². The SMILES string of the molecule is Cc1cc(B2OC(C)(C)C(C)(C)O2)cc(C)c1OCc1ccccc1Cl.